The third-order valence-electron chi connectivity index (χ3n) is 3.93. The molecular weight excluding hydrogens is 208 g/mol. The molecule has 0 saturated heterocycles. The van der Waals surface area contributed by atoms with Gasteiger partial charge >= 0.3 is 0 Å². The molecule has 1 aromatic rings. The lowest BCUT2D eigenvalue weighted by atomic mass is 9.71. The van der Waals surface area contributed by atoms with E-state index in [9.17, 15) is 0 Å². The van der Waals surface area contributed by atoms with E-state index >= 15 is 0 Å². The van der Waals surface area contributed by atoms with E-state index in [-0.39, 0.29) is 11.0 Å². The predicted molar refractivity (Wildman–Crippen MR) is 74.2 cm³/mol. The van der Waals surface area contributed by atoms with Crippen LogP contribution in [-0.4, -0.2) is 17.1 Å². The molecular formula is C15H26N2. The van der Waals surface area contributed by atoms with Gasteiger partial charge in [0, 0.05) is 17.4 Å². The molecule has 2 nitrogen and oxygen atoms in total. The summed E-state index contributed by atoms with van der Waals surface area (Å²) < 4.78 is 0. The van der Waals surface area contributed by atoms with E-state index in [4.69, 9.17) is 0 Å². The minimum atomic E-state index is 0.118. The summed E-state index contributed by atoms with van der Waals surface area (Å²) in [5.74, 6) is 0. The van der Waals surface area contributed by atoms with Crippen molar-refractivity contribution >= 4 is 0 Å². The van der Waals surface area contributed by atoms with Crippen molar-refractivity contribution in [3.8, 4) is 0 Å². The lowest BCUT2D eigenvalue weighted by Gasteiger charge is -2.42. The number of nitrogens with zero attached hydrogens (tertiary/aromatic N) is 1. The Labute approximate surface area is 106 Å². The first-order chi connectivity index (χ1) is 7.78. The summed E-state index contributed by atoms with van der Waals surface area (Å²) in [5, 5.41) is 3.57. The van der Waals surface area contributed by atoms with Crippen molar-refractivity contribution in [3.63, 3.8) is 0 Å². The van der Waals surface area contributed by atoms with Crippen molar-refractivity contribution in [2.24, 2.45) is 5.41 Å². The summed E-state index contributed by atoms with van der Waals surface area (Å²) in [4.78, 5) is 4.37. The lowest BCUT2D eigenvalue weighted by Crippen LogP contribution is -2.52. The number of hydrogen-bond donors (Lipinski definition) is 1. The molecule has 1 aromatic heterocycles. The number of hydrogen-bond acceptors (Lipinski definition) is 2. The van der Waals surface area contributed by atoms with Gasteiger partial charge in [-0.15, -0.1) is 0 Å². The van der Waals surface area contributed by atoms with E-state index in [1.54, 1.807) is 0 Å². The quantitative estimate of drug-likeness (QED) is 0.845. The van der Waals surface area contributed by atoms with Crippen LogP contribution in [0, 0.1) is 12.3 Å². The molecule has 0 aliphatic rings. The molecule has 0 aliphatic heterocycles. The fourth-order valence-electron chi connectivity index (χ4n) is 2.02. The zero-order chi connectivity index (χ0) is 13.1. The van der Waals surface area contributed by atoms with Gasteiger partial charge in [0.05, 0.1) is 0 Å². The van der Waals surface area contributed by atoms with Crippen LogP contribution in [0.5, 0.6) is 0 Å². The third kappa shape index (κ3) is 3.53. The van der Waals surface area contributed by atoms with E-state index in [0.29, 0.717) is 0 Å². The van der Waals surface area contributed by atoms with Crippen LogP contribution in [0.25, 0.3) is 0 Å². The van der Waals surface area contributed by atoms with Crippen molar-refractivity contribution in [2.75, 3.05) is 6.54 Å². The highest BCUT2D eigenvalue weighted by Gasteiger charge is 2.36. The van der Waals surface area contributed by atoms with E-state index in [0.717, 1.165) is 18.7 Å². The average Bonchev–Trinajstić information content (AvgIpc) is 2.21. The predicted octanol–water partition coefficient (Wildman–Crippen LogP) is 3.35. The Morgan fingerprint density at radius 3 is 2.29 bits per heavy atom. The molecule has 0 fully saturated rings. The van der Waals surface area contributed by atoms with Gasteiger partial charge in [-0.05, 0) is 50.8 Å². The lowest BCUT2D eigenvalue weighted by molar-refractivity contribution is 0.156. The van der Waals surface area contributed by atoms with Gasteiger partial charge in [0.15, 0.2) is 0 Å². The number of pyridine rings is 1. The van der Waals surface area contributed by atoms with Crippen LogP contribution < -0.4 is 5.32 Å². The van der Waals surface area contributed by atoms with Gasteiger partial charge in [0.25, 0.3) is 0 Å². The van der Waals surface area contributed by atoms with Gasteiger partial charge in [-0.1, -0.05) is 26.8 Å². The summed E-state index contributed by atoms with van der Waals surface area (Å²) in [5.41, 5.74) is 2.70. The minimum absolute atomic E-state index is 0.118. The highest BCUT2D eigenvalue weighted by atomic mass is 15.0. The summed E-state index contributed by atoms with van der Waals surface area (Å²) in [7, 11) is 0. The first kappa shape index (κ1) is 14.2. The van der Waals surface area contributed by atoms with Gasteiger partial charge in [-0.3, -0.25) is 4.98 Å². The van der Waals surface area contributed by atoms with Gasteiger partial charge < -0.3 is 5.32 Å². The maximum Gasteiger partial charge on any atom is 0.0372 e. The topological polar surface area (TPSA) is 24.9 Å². The molecule has 0 unspecified atom stereocenters. The average molecular weight is 234 g/mol. The number of rotatable bonds is 5. The normalized spacial score (nSPS) is 12.8. The first-order valence-corrected chi connectivity index (χ1v) is 6.45. The largest absolute Gasteiger partial charge is 0.312 e. The van der Waals surface area contributed by atoms with Crippen LogP contribution >= 0.6 is 0 Å². The maximum absolute atomic E-state index is 4.37. The molecule has 0 saturated carbocycles. The molecule has 96 valence electrons. The van der Waals surface area contributed by atoms with E-state index in [1.807, 2.05) is 13.1 Å². The fourth-order valence-corrected chi connectivity index (χ4v) is 2.02. The Morgan fingerprint density at radius 2 is 1.82 bits per heavy atom. The second kappa shape index (κ2) is 5.18. The van der Waals surface area contributed by atoms with Crippen LogP contribution in [0.15, 0.2) is 18.3 Å². The summed E-state index contributed by atoms with van der Waals surface area (Å²) in [6.45, 7) is 14.4. The maximum atomic E-state index is 4.37. The van der Waals surface area contributed by atoms with Crippen molar-refractivity contribution in [3.05, 3.63) is 29.6 Å². The Hall–Kier alpha value is -0.890. The van der Waals surface area contributed by atoms with Gasteiger partial charge in [-0.2, -0.15) is 0 Å². The molecule has 2 heteroatoms. The number of aryl methyl sites for hydroxylation is 1. The van der Waals surface area contributed by atoms with E-state index in [1.165, 1.54) is 5.56 Å². The molecule has 0 spiro atoms. The zero-order valence-corrected chi connectivity index (χ0v) is 12.1. The summed E-state index contributed by atoms with van der Waals surface area (Å²) >= 11 is 0. The fraction of sp³-hybridized carbons (Fsp3) is 0.667. The molecule has 1 N–H and O–H groups in total. The Kier molecular flexibility index (Phi) is 4.31. The molecule has 0 aliphatic carbocycles. The van der Waals surface area contributed by atoms with Gasteiger partial charge in [0.1, 0.15) is 0 Å². The molecule has 0 atom stereocenters. The van der Waals surface area contributed by atoms with E-state index in [2.05, 4.69) is 57.1 Å². The molecule has 0 amide bonds. The van der Waals surface area contributed by atoms with E-state index < -0.39 is 0 Å². The van der Waals surface area contributed by atoms with Gasteiger partial charge in [-0.25, -0.2) is 0 Å². The van der Waals surface area contributed by atoms with Crippen LogP contribution in [0.3, 0.4) is 0 Å². The molecule has 1 rings (SSSR count). The highest BCUT2D eigenvalue weighted by molar-refractivity contribution is 5.16. The van der Waals surface area contributed by atoms with Crippen molar-refractivity contribution in [1.82, 2.24) is 10.3 Å². The Bertz CT molecular complexity index is 350. The van der Waals surface area contributed by atoms with Crippen molar-refractivity contribution in [1.29, 1.82) is 0 Å². The monoisotopic (exact) mass is 234 g/mol. The van der Waals surface area contributed by atoms with Crippen LogP contribution in [0.2, 0.25) is 0 Å². The Balaban J connectivity index is 2.81. The summed E-state index contributed by atoms with van der Waals surface area (Å²) in [6, 6.07) is 4.28. The van der Waals surface area contributed by atoms with Gasteiger partial charge in [0.2, 0.25) is 0 Å². The smallest absolute Gasteiger partial charge is 0.0372 e. The summed E-state index contributed by atoms with van der Waals surface area (Å²) in [6.07, 6.45) is 3.04. The number of aromatic nitrogens is 1. The van der Waals surface area contributed by atoms with Crippen LogP contribution in [0.1, 0.15) is 45.9 Å². The second-order valence-corrected chi connectivity index (χ2v) is 6.02. The standard InChI is InChI=1S/C15H26N2/c1-7-17-15(5,6)14(3,4)10-13-9-8-12(2)16-11-13/h8-9,11,17H,7,10H2,1-6H3. The third-order valence-corrected chi connectivity index (χ3v) is 3.93. The second-order valence-electron chi connectivity index (χ2n) is 6.02. The molecule has 1 heterocycles. The molecule has 0 bridgehead atoms. The van der Waals surface area contributed by atoms with Crippen LogP contribution in [0.4, 0.5) is 0 Å². The molecule has 0 radical (unpaired) electrons. The molecule has 0 aromatic carbocycles. The zero-order valence-electron chi connectivity index (χ0n) is 12.1. The Morgan fingerprint density at radius 1 is 1.18 bits per heavy atom. The van der Waals surface area contributed by atoms with Crippen molar-refractivity contribution < 1.29 is 0 Å². The number of nitrogens with one attached hydrogen (secondary N) is 1. The van der Waals surface area contributed by atoms with Crippen LogP contribution in [-0.2, 0) is 6.42 Å². The van der Waals surface area contributed by atoms with Crippen molar-refractivity contribution in [2.45, 2.75) is 53.5 Å². The first-order valence-electron chi connectivity index (χ1n) is 6.45. The minimum Gasteiger partial charge on any atom is -0.312 e. The highest BCUT2D eigenvalue weighted by Crippen LogP contribution is 2.33. The SMILES string of the molecule is CCNC(C)(C)C(C)(C)Cc1ccc(C)nc1. The molecule has 17 heavy (non-hydrogen) atoms.